The van der Waals surface area contributed by atoms with Crippen molar-refractivity contribution in [2.24, 2.45) is 17.8 Å². The third-order valence-electron chi connectivity index (χ3n) is 6.16. The topological polar surface area (TPSA) is 61.3 Å². The van der Waals surface area contributed by atoms with Crippen LogP contribution >= 0.6 is 0 Å². The van der Waals surface area contributed by atoms with Gasteiger partial charge in [0.25, 0.3) is 0 Å². The molecule has 5 heteroatoms. The highest BCUT2D eigenvalue weighted by atomic mass is 16.5. The maximum Gasteiger partial charge on any atom is 0.309 e. The van der Waals surface area contributed by atoms with Crippen LogP contribution in [-0.4, -0.2) is 29.2 Å². The Morgan fingerprint density at radius 3 is 2.79 bits per heavy atom. The summed E-state index contributed by atoms with van der Waals surface area (Å²) >= 11 is 0. The highest BCUT2D eigenvalue weighted by molar-refractivity contribution is 5.77. The van der Waals surface area contributed by atoms with Crippen LogP contribution in [-0.2, 0) is 9.53 Å². The normalized spacial score (nSPS) is 26.0. The fourth-order valence-electron chi connectivity index (χ4n) is 4.20. The molecule has 2 unspecified atom stereocenters. The van der Waals surface area contributed by atoms with Crippen LogP contribution in [0.3, 0.4) is 0 Å². The van der Waals surface area contributed by atoms with Crippen molar-refractivity contribution >= 4 is 5.97 Å². The van der Waals surface area contributed by atoms with Gasteiger partial charge >= 0.3 is 5.97 Å². The minimum atomic E-state index is -0.112. The molecule has 2 aliphatic carbocycles. The second-order valence-corrected chi connectivity index (χ2v) is 8.49. The molecule has 0 aliphatic heterocycles. The van der Waals surface area contributed by atoms with Crippen LogP contribution in [0.4, 0.5) is 0 Å². The molecule has 0 radical (unpaired) electrons. The third-order valence-corrected chi connectivity index (χ3v) is 6.16. The first-order valence-electron chi connectivity index (χ1n) is 10.9. The summed E-state index contributed by atoms with van der Waals surface area (Å²) in [6, 6.07) is 7.98. The molecule has 29 heavy (non-hydrogen) atoms. The average Bonchev–Trinajstić information content (AvgIpc) is 3.55. The van der Waals surface area contributed by atoms with Gasteiger partial charge in [0.05, 0.1) is 31.0 Å². The van der Waals surface area contributed by atoms with Gasteiger partial charge in [0.15, 0.2) is 0 Å². The molecule has 0 amide bonds. The lowest BCUT2D eigenvalue weighted by Crippen LogP contribution is -2.18. The molecule has 4 rings (SSSR count). The lowest BCUT2D eigenvalue weighted by Gasteiger charge is -2.26. The van der Waals surface area contributed by atoms with Crippen LogP contribution in [0.1, 0.15) is 57.6 Å². The molecule has 154 valence electrons. The van der Waals surface area contributed by atoms with Gasteiger partial charge in [-0.3, -0.25) is 14.8 Å². The number of carbonyl (C=O) groups excluding carboxylic acids is 1. The molecule has 0 N–H and O–H groups in total. The van der Waals surface area contributed by atoms with Crippen LogP contribution in [0, 0.1) is 17.8 Å². The first-order chi connectivity index (χ1) is 14.1. The molecule has 2 aromatic rings. The summed E-state index contributed by atoms with van der Waals surface area (Å²) in [6.45, 7) is 5.36. The first-order valence-corrected chi connectivity index (χ1v) is 10.9. The van der Waals surface area contributed by atoms with Gasteiger partial charge in [-0.05, 0) is 56.2 Å². The van der Waals surface area contributed by atoms with E-state index in [1.807, 2.05) is 37.4 Å². The Labute approximate surface area is 172 Å². The Balaban J connectivity index is 1.40. The molecule has 0 spiro atoms. The molecule has 0 saturated heterocycles. The zero-order valence-electron chi connectivity index (χ0n) is 17.3. The number of hydrogen-bond acceptors (Lipinski definition) is 5. The summed E-state index contributed by atoms with van der Waals surface area (Å²) in [4.78, 5) is 21.1. The second kappa shape index (κ2) is 8.93. The van der Waals surface area contributed by atoms with Crippen LogP contribution < -0.4 is 4.74 Å². The van der Waals surface area contributed by atoms with Crippen LogP contribution in [0.5, 0.6) is 5.75 Å². The van der Waals surface area contributed by atoms with E-state index in [1.54, 1.807) is 6.20 Å². The molecular weight excluding hydrogens is 364 g/mol. The Morgan fingerprint density at radius 1 is 1.17 bits per heavy atom. The van der Waals surface area contributed by atoms with E-state index in [0.29, 0.717) is 12.5 Å². The average molecular weight is 395 g/mol. The number of ether oxygens (including phenoxy) is 2. The van der Waals surface area contributed by atoms with E-state index in [-0.39, 0.29) is 17.8 Å². The van der Waals surface area contributed by atoms with Gasteiger partial charge in [-0.2, -0.15) is 0 Å². The Morgan fingerprint density at radius 2 is 2.00 bits per heavy atom. The van der Waals surface area contributed by atoms with Crippen LogP contribution in [0.2, 0.25) is 0 Å². The highest BCUT2D eigenvalue weighted by Gasteiger charge is 2.46. The lowest BCUT2D eigenvalue weighted by molar-refractivity contribution is -0.144. The van der Waals surface area contributed by atoms with Gasteiger partial charge in [0, 0.05) is 23.4 Å². The molecule has 0 aromatic carbocycles. The number of carbonyl (C=O) groups is 1. The predicted molar refractivity (Wildman–Crippen MR) is 112 cm³/mol. The zero-order valence-corrected chi connectivity index (χ0v) is 17.3. The number of esters is 1. The fraction of sp³-hybridized carbons (Fsp3) is 0.542. The van der Waals surface area contributed by atoms with Gasteiger partial charge in [0.2, 0.25) is 0 Å². The van der Waals surface area contributed by atoms with Gasteiger partial charge in [-0.25, -0.2) is 0 Å². The second-order valence-electron chi connectivity index (χ2n) is 8.49. The summed E-state index contributed by atoms with van der Waals surface area (Å²) in [6.07, 6.45) is 9.51. The third kappa shape index (κ3) is 4.95. The van der Waals surface area contributed by atoms with Crippen molar-refractivity contribution in [3.8, 4) is 17.0 Å². The minimum absolute atomic E-state index is 0.0521. The van der Waals surface area contributed by atoms with E-state index in [1.165, 1.54) is 25.7 Å². The molecule has 5 nitrogen and oxygen atoms in total. The number of aromatic nitrogens is 2. The largest absolute Gasteiger partial charge is 0.492 e. The van der Waals surface area contributed by atoms with E-state index in [0.717, 1.165) is 41.6 Å². The number of hydrogen-bond donors (Lipinski definition) is 0. The van der Waals surface area contributed by atoms with Gasteiger partial charge in [0.1, 0.15) is 5.75 Å². The minimum Gasteiger partial charge on any atom is -0.492 e. The fourth-order valence-corrected chi connectivity index (χ4v) is 4.20. The summed E-state index contributed by atoms with van der Waals surface area (Å²) in [5, 5.41) is 0. The van der Waals surface area contributed by atoms with Crippen molar-refractivity contribution in [3.05, 3.63) is 42.4 Å². The monoisotopic (exact) mass is 394 g/mol. The standard InChI is InChI=1S/C24H30N2O3/c1-3-28-24(27)21-12-20(21)23-6-4-5-22(26-23)18-11-19(14-25-13-18)29-15-17-9-7-16(2)8-10-17/h4-6,11,13-14,16-17,20-21H,3,7-10,12,15H2,1-2H3/t16-,17-,20?,21?. The summed E-state index contributed by atoms with van der Waals surface area (Å²) < 4.78 is 11.2. The molecule has 2 fully saturated rings. The predicted octanol–water partition coefficient (Wildman–Crippen LogP) is 5.02. The number of nitrogens with zero attached hydrogens (tertiary/aromatic N) is 2. The van der Waals surface area contributed by atoms with E-state index in [9.17, 15) is 4.79 Å². The van der Waals surface area contributed by atoms with Crippen molar-refractivity contribution in [3.63, 3.8) is 0 Å². The van der Waals surface area contributed by atoms with Crippen molar-refractivity contribution in [1.82, 2.24) is 9.97 Å². The molecule has 2 aromatic heterocycles. The van der Waals surface area contributed by atoms with E-state index in [2.05, 4.69) is 11.9 Å². The van der Waals surface area contributed by atoms with E-state index >= 15 is 0 Å². The highest BCUT2D eigenvalue weighted by Crippen LogP contribution is 2.47. The smallest absolute Gasteiger partial charge is 0.309 e. The quantitative estimate of drug-likeness (QED) is 0.618. The summed E-state index contributed by atoms with van der Waals surface area (Å²) in [7, 11) is 0. The Hall–Kier alpha value is -2.43. The van der Waals surface area contributed by atoms with Crippen LogP contribution in [0.25, 0.3) is 11.3 Å². The molecule has 2 heterocycles. The van der Waals surface area contributed by atoms with E-state index < -0.39 is 0 Å². The maximum absolute atomic E-state index is 11.9. The van der Waals surface area contributed by atoms with Crippen molar-refractivity contribution < 1.29 is 14.3 Å². The molecule has 0 bridgehead atoms. The Kier molecular flexibility index (Phi) is 6.12. The Bertz CT molecular complexity index is 846. The number of pyridine rings is 2. The van der Waals surface area contributed by atoms with Gasteiger partial charge < -0.3 is 9.47 Å². The maximum atomic E-state index is 11.9. The van der Waals surface area contributed by atoms with Crippen molar-refractivity contribution in [2.45, 2.75) is 51.9 Å². The first kappa shape index (κ1) is 19.9. The van der Waals surface area contributed by atoms with Crippen molar-refractivity contribution in [1.29, 1.82) is 0 Å². The van der Waals surface area contributed by atoms with Gasteiger partial charge in [-0.15, -0.1) is 0 Å². The number of rotatable bonds is 7. The molecule has 2 saturated carbocycles. The molecule has 2 aliphatic rings. The van der Waals surface area contributed by atoms with Crippen LogP contribution in [0.15, 0.2) is 36.7 Å². The molecule has 2 atom stereocenters. The van der Waals surface area contributed by atoms with Gasteiger partial charge in [-0.1, -0.05) is 25.8 Å². The summed E-state index contributed by atoms with van der Waals surface area (Å²) in [5.74, 6) is 2.29. The SMILES string of the molecule is CCOC(=O)C1CC1c1cccc(-c2cncc(OC[C@H]3CC[C@H](C)CC3)c2)n1. The lowest BCUT2D eigenvalue weighted by atomic mass is 9.83. The summed E-state index contributed by atoms with van der Waals surface area (Å²) in [5.41, 5.74) is 2.75. The van der Waals surface area contributed by atoms with E-state index in [4.69, 9.17) is 14.5 Å². The zero-order chi connectivity index (χ0) is 20.2. The molecular formula is C24H30N2O3. The van der Waals surface area contributed by atoms with Crippen molar-refractivity contribution in [2.75, 3.05) is 13.2 Å².